The summed E-state index contributed by atoms with van der Waals surface area (Å²) < 4.78 is 15.2. The van der Waals surface area contributed by atoms with E-state index in [1.54, 1.807) is 18.3 Å². The van der Waals surface area contributed by atoms with Gasteiger partial charge in [-0.2, -0.15) is 0 Å². The number of nitrogens with one attached hydrogen (secondary N) is 1. The van der Waals surface area contributed by atoms with Crippen LogP contribution < -0.4 is 10.2 Å². The summed E-state index contributed by atoms with van der Waals surface area (Å²) in [5.41, 5.74) is 3.12. The van der Waals surface area contributed by atoms with E-state index in [1.807, 2.05) is 26.6 Å². The molecule has 0 radical (unpaired) electrons. The van der Waals surface area contributed by atoms with E-state index in [4.69, 9.17) is 12.2 Å². The monoisotopic (exact) mass is 411 g/mol. The molecule has 1 aromatic heterocycles. The number of aryl methyl sites for hydroxylation is 1. The molecule has 2 aromatic carbocycles. The molecule has 7 heteroatoms. The van der Waals surface area contributed by atoms with Crippen molar-refractivity contribution in [3.05, 3.63) is 78.6 Å². The predicted octanol–water partition coefficient (Wildman–Crippen LogP) is 4.38. The lowest BCUT2D eigenvalue weighted by Crippen LogP contribution is -2.35. The molecule has 0 amide bonds. The summed E-state index contributed by atoms with van der Waals surface area (Å²) in [6.07, 6.45) is 6.49. The first-order valence-corrected chi connectivity index (χ1v) is 9.95. The van der Waals surface area contributed by atoms with Gasteiger partial charge in [0.05, 0.1) is 6.33 Å². The zero-order valence-electron chi connectivity index (χ0n) is 16.8. The van der Waals surface area contributed by atoms with Crippen LogP contribution in [0.15, 0.2) is 67.3 Å². The lowest BCUT2D eigenvalue weighted by Gasteiger charge is -2.26. The Hall–Kier alpha value is -2.93. The van der Waals surface area contributed by atoms with Gasteiger partial charge in [0.2, 0.25) is 0 Å². The van der Waals surface area contributed by atoms with Gasteiger partial charge in [0, 0.05) is 57.5 Å². The van der Waals surface area contributed by atoms with Crippen molar-refractivity contribution >= 4 is 28.7 Å². The summed E-state index contributed by atoms with van der Waals surface area (Å²) in [6, 6.07) is 14.7. The van der Waals surface area contributed by atoms with Crippen molar-refractivity contribution in [2.75, 3.05) is 30.9 Å². The van der Waals surface area contributed by atoms with Gasteiger partial charge < -0.3 is 19.7 Å². The number of aromatic nitrogens is 2. The molecule has 0 spiro atoms. The maximum atomic E-state index is 13.2. The minimum Gasteiger partial charge on any atom is -0.378 e. The maximum absolute atomic E-state index is 13.2. The highest BCUT2D eigenvalue weighted by molar-refractivity contribution is 7.80. The number of thiocarbonyl (C=S) groups is 1. The van der Waals surface area contributed by atoms with Crippen LogP contribution >= 0.6 is 12.2 Å². The Morgan fingerprint density at radius 2 is 1.83 bits per heavy atom. The van der Waals surface area contributed by atoms with E-state index in [1.165, 1.54) is 17.7 Å². The molecule has 5 nitrogen and oxygen atoms in total. The van der Waals surface area contributed by atoms with Crippen molar-refractivity contribution in [1.29, 1.82) is 0 Å². The van der Waals surface area contributed by atoms with Gasteiger partial charge in [-0.3, -0.25) is 0 Å². The van der Waals surface area contributed by atoms with Gasteiger partial charge in [-0.15, -0.1) is 0 Å². The third kappa shape index (κ3) is 6.29. The number of hydrogen-bond donors (Lipinski definition) is 1. The topological polar surface area (TPSA) is 36.3 Å². The van der Waals surface area contributed by atoms with E-state index < -0.39 is 0 Å². The number of benzene rings is 2. The molecule has 3 rings (SSSR count). The SMILES string of the molecule is CN(C)c1ccc(CN(CCCn2ccnc2)C(=S)Nc2ccc(F)cc2)cc1. The predicted molar refractivity (Wildman–Crippen MR) is 121 cm³/mol. The molecule has 0 unspecified atom stereocenters. The molecule has 0 aliphatic rings. The first-order valence-electron chi connectivity index (χ1n) is 9.55. The molecular formula is C22H26FN5S. The second-order valence-corrected chi connectivity index (χ2v) is 7.46. The molecule has 1 N–H and O–H groups in total. The Kier molecular flexibility index (Phi) is 7.19. The van der Waals surface area contributed by atoms with Crippen molar-refractivity contribution in [2.45, 2.75) is 19.5 Å². The van der Waals surface area contributed by atoms with Gasteiger partial charge >= 0.3 is 0 Å². The van der Waals surface area contributed by atoms with Crippen LogP contribution in [0.25, 0.3) is 0 Å². The molecule has 0 fully saturated rings. The van der Waals surface area contributed by atoms with Gasteiger partial charge in [-0.25, -0.2) is 9.37 Å². The van der Waals surface area contributed by atoms with E-state index in [0.717, 1.165) is 30.9 Å². The fraction of sp³-hybridized carbons (Fsp3) is 0.273. The molecule has 152 valence electrons. The maximum Gasteiger partial charge on any atom is 0.173 e. The van der Waals surface area contributed by atoms with Crippen molar-refractivity contribution in [1.82, 2.24) is 14.5 Å². The largest absolute Gasteiger partial charge is 0.378 e. The van der Waals surface area contributed by atoms with Gasteiger partial charge in [0.15, 0.2) is 5.11 Å². The third-order valence-electron chi connectivity index (χ3n) is 4.61. The van der Waals surface area contributed by atoms with Crippen LogP contribution in [0, 0.1) is 5.82 Å². The van der Waals surface area contributed by atoms with Crippen LogP contribution in [0.3, 0.4) is 0 Å². The van der Waals surface area contributed by atoms with Crippen LogP contribution in [0.4, 0.5) is 15.8 Å². The Balaban J connectivity index is 1.67. The Morgan fingerprint density at radius 3 is 2.45 bits per heavy atom. The smallest absolute Gasteiger partial charge is 0.173 e. The summed E-state index contributed by atoms with van der Waals surface area (Å²) >= 11 is 5.66. The van der Waals surface area contributed by atoms with Crippen LogP contribution in [-0.4, -0.2) is 40.2 Å². The zero-order valence-corrected chi connectivity index (χ0v) is 17.6. The number of anilines is 2. The van der Waals surface area contributed by atoms with E-state index in [2.05, 4.69) is 48.9 Å². The Bertz CT molecular complexity index is 892. The molecule has 0 atom stereocenters. The first kappa shape index (κ1) is 20.8. The van der Waals surface area contributed by atoms with Crippen LogP contribution in [0.1, 0.15) is 12.0 Å². The summed E-state index contributed by atoms with van der Waals surface area (Å²) in [7, 11) is 4.05. The number of nitrogens with zero attached hydrogens (tertiary/aromatic N) is 4. The fourth-order valence-electron chi connectivity index (χ4n) is 2.97. The molecule has 0 saturated heterocycles. The summed E-state index contributed by atoms with van der Waals surface area (Å²) in [4.78, 5) is 8.30. The van der Waals surface area contributed by atoms with Crippen molar-refractivity contribution in [2.24, 2.45) is 0 Å². The second kappa shape index (κ2) is 10.0. The Morgan fingerprint density at radius 1 is 1.10 bits per heavy atom. The molecule has 1 heterocycles. The minimum absolute atomic E-state index is 0.264. The zero-order chi connectivity index (χ0) is 20.6. The highest BCUT2D eigenvalue weighted by Gasteiger charge is 2.11. The quantitative estimate of drug-likeness (QED) is 0.557. The number of rotatable bonds is 8. The average molecular weight is 412 g/mol. The highest BCUT2D eigenvalue weighted by atomic mass is 32.1. The van der Waals surface area contributed by atoms with Gasteiger partial charge in [0.1, 0.15) is 5.82 Å². The molecule has 0 bridgehead atoms. The van der Waals surface area contributed by atoms with E-state index >= 15 is 0 Å². The van der Waals surface area contributed by atoms with Crippen LogP contribution in [-0.2, 0) is 13.1 Å². The Labute approximate surface area is 176 Å². The van der Waals surface area contributed by atoms with E-state index in [9.17, 15) is 4.39 Å². The average Bonchev–Trinajstić information content (AvgIpc) is 3.23. The lowest BCUT2D eigenvalue weighted by molar-refractivity contribution is 0.396. The third-order valence-corrected chi connectivity index (χ3v) is 4.97. The standard InChI is InChI=1S/C22H26FN5S/c1-26(2)21-10-4-18(5-11-21)16-28(14-3-13-27-15-12-24-17-27)22(29)25-20-8-6-19(23)7-9-20/h4-12,15,17H,3,13-14,16H2,1-2H3,(H,25,29). The first-order chi connectivity index (χ1) is 14.0. The van der Waals surface area contributed by atoms with Crippen molar-refractivity contribution in [3.8, 4) is 0 Å². The van der Waals surface area contributed by atoms with E-state index in [0.29, 0.717) is 11.7 Å². The highest BCUT2D eigenvalue weighted by Crippen LogP contribution is 2.16. The van der Waals surface area contributed by atoms with Crippen molar-refractivity contribution < 1.29 is 4.39 Å². The minimum atomic E-state index is -0.264. The molecule has 0 aliphatic heterocycles. The summed E-state index contributed by atoms with van der Waals surface area (Å²) in [5.74, 6) is -0.264. The molecule has 3 aromatic rings. The number of hydrogen-bond acceptors (Lipinski definition) is 3. The number of halogens is 1. The molecular weight excluding hydrogens is 385 g/mol. The van der Waals surface area contributed by atoms with Gasteiger partial charge in [-0.1, -0.05) is 12.1 Å². The van der Waals surface area contributed by atoms with Gasteiger partial charge in [0.25, 0.3) is 0 Å². The van der Waals surface area contributed by atoms with Gasteiger partial charge in [-0.05, 0) is 60.6 Å². The van der Waals surface area contributed by atoms with Crippen LogP contribution in [0.5, 0.6) is 0 Å². The normalized spacial score (nSPS) is 10.6. The molecule has 0 aliphatic carbocycles. The number of imidazole rings is 1. The summed E-state index contributed by atoms with van der Waals surface area (Å²) in [6.45, 7) is 2.36. The summed E-state index contributed by atoms with van der Waals surface area (Å²) in [5, 5.41) is 3.85. The molecule has 29 heavy (non-hydrogen) atoms. The molecule has 0 saturated carbocycles. The lowest BCUT2D eigenvalue weighted by atomic mass is 10.2. The van der Waals surface area contributed by atoms with Crippen LogP contribution in [0.2, 0.25) is 0 Å². The van der Waals surface area contributed by atoms with E-state index in [-0.39, 0.29) is 5.82 Å². The fourth-order valence-corrected chi connectivity index (χ4v) is 3.24. The van der Waals surface area contributed by atoms with Crippen molar-refractivity contribution in [3.63, 3.8) is 0 Å². The second-order valence-electron chi connectivity index (χ2n) is 7.07.